The van der Waals surface area contributed by atoms with Crippen molar-refractivity contribution in [2.24, 2.45) is 0 Å². The molecule has 1 aromatic carbocycles. The van der Waals surface area contributed by atoms with E-state index in [2.05, 4.69) is 27.4 Å². The Hall–Kier alpha value is -2.41. The maximum Gasteiger partial charge on any atom is 0.146 e. The second-order valence-electron chi connectivity index (χ2n) is 3.96. The van der Waals surface area contributed by atoms with Gasteiger partial charge in [-0.05, 0) is 18.9 Å². The van der Waals surface area contributed by atoms with E-state index in [1.165, 1.54) is 5.56 Å². The lowest BCUT2D eigenvalue weighted by molar-refractivity contribution is 0.976. The normalized spacial score (nSPS) is 9.78. The van der Waals surface area contributed by atoms with Crippen LogP contribution in [-0.2, 0) is 6.42 Å². The minimum atomic E-state index is 0.393. The first-order chi connectivity index (χ1) is 8.78. The Labute approximate surface area is 106 Å². The van der Waals surface area contributed by atoms with Crippen molar-refractivity contribution in [3.05, 3.63) is 53.5 Å². The van der Waals surface area contributed by atoms with Crippen molar-refractivity contribution in [2.75, 3.05) is 11.9 Å². The van der Waals surface area contributed by atoms with E-state index in [0.29, 0.717) is 17.3 Å². The van der Waals surface area contributed by atoms with Crippen LogP contribution in [0.5, 0.6) is 0 Å². The molecule has 0 atom stereocenters. The van der Waals surface area contributed by atoms with Gasteiger partial charge in [-0.3, -0.25) is 0 Å². The molecule has 0 unspecified atom stereocenters. The summed E-state index contributed by atoms with van der Waals surface area (Å²) < 4.78 is 0. The molecule has 0 bridgehead atoms. The van der Waals surface area contributed by atoms with E-state index in [1.54, 1.807) is 13.0 Å². The molecule has 0 radical (unpaired) electrons. The fraction of sp³-hybridized carbons (Fsp3) is 0.214. The summed E-state index contributed by atoms with van der Waals surface area (Å²) in [5.74, 6) is 1.31. The molecule has 2 aromatic rings. The number of anilines is 1. The van der Waals surface area contributed by atoms with E-state index < -0.39 is 0 Å². The third-order valence-electron chi connectivity index (χ3n) is 2.52. The van der Waals surface area contributed by atoms with E-state index in [9.17, 15) is 0 Å². The number of hydrogen-bond acceptors (Lipinski definition) is 4. The SMILES string of the molecule is Cc1nc(C#N)cc(NCCc2ccccc2)n1. The molecule has 4 nitrogen and oxygen atoms in total. The number of hydrogen-bond donors (Lipinski definition) is 1. The van der Waals surface area contributed by atoms with Crippen molar-refractivity contribution in [3.63, 3.8) is 0 Å². The largest absolute Gasteiger partial charge is 0.370 e. The molecule has 0 saturated heterocycles. The minimum Gasteiger partial charge on any atom is -0.370 e. The fourth-order valence-corrected chi connectivity index (χ4v) is 1.70. The Kier molecular flexibility index (Phi) is 3.87. The first-order valence-corrected chi connectivity index (χ1v) is 5.81. The number of nitriles is 1. The lowest BCUT2D eigenvalue weighted by atomic mass is 10.1. The van der Waals surface area contributed by atoms with Gasteiger partial charge in [0.15, 0.2) is 0 Å². The number of nitrogens with zero attached hydrogens (tertiary/aromatic N) is 3. The van der Waals surface area contributed by atoms with Crippen LogP contribution >= 0.6 is 0 Å². The highest BCUT2D eigenvalue weighted by Gasteiger charge is 2.00. The Balaban J connectivity index is 1.95. The highest BCUT2D eigenvalue weighted by Crippen LogP contribution is 2.06. The van der Waals surface area contributed by atoms with Crippen molar-refractivity contribution >= 4 is 5.82 Å². The van der Waals surface area contributed by atoms with Gasteiger partial charge in [-0.1, -0.05) is 30.3 Å². The molecule has 0 aliphatic carbocycles. The molecule has 0 aliphatic rings. The average Bonchev–Trinajstić information content (AvgIpc) is 2.39. The Morgan fingerprint density at radius 3 is 2.72 bits per heavy atom. The molecule has 0 fully saturated rings. The molecule has 90 valence electrons. The Morgan fingerprint density at radius 1 is 1.22 bits per heavy atom. The van der Waals surface area contributed by atoms with Crippen LogP contribution in [0.2, 0.25) is 0 Å². The van der Waals surface area contributed by atoms with Crippen LogP contribution in [0.25, 0.3) is 0 Å². The third kappa shape index (κ3) is 3.29. The van der Waals surface area contributed by atoms with Gasteiger partial charge in [0.05, 0.1) is 0 Å². The predicted octanol–water partition coefficient (Wildman–Crippen LogP) is 2.31. The monoisotopic (exact) mass is 238 g/mol. The maximum atomic E-state index is 8.82. The van der Waals surface area contributed by atoms with Crippen molar-refractivity contribution < 1.29 is 0 Å². The highest BCUT2D eigenvalue weighted by atomic mass is 15.0. The van der Waals surface area contributed by atoms with Crippen molar-refractivity contribution in [2.45, 2.75) is 13.3 Å². The zero-order chi connectivity index (χ0) is 12.8. The van der Waals surface area contributed by atoms with Crippen LogP contribution in [0.15, 0.2) is 36.4 Å². The van der Waals surface area contributed by atoms with Gasteiger partial charge in [-0.25, -0.2) is 9.97 Å². The summed E-state index contributed by atoms with van der Waals surface area (Å²) in [6, 6.07) is 13.9. The van der Waals surface area contributed by atoms with Crippen LogP contribution < -0.4 is 5.32 Å². The molecule has 0 aliphatic heterocycles. The van der Waals surface area contributed by atoms with E-state index >= 15 is 0 Å². The molecule has 18 heavy (non-hydrogen) atoms. The maximum absolute atomic E-state index is 8.82. The lowest BCUT2D eigenvalue weighted by Gasteiger charge is -2.06. The summed E-state index contributed by atoms with van der Waals surface area (Å²) in [4.78, 5) is 8.25. The lowest BCUT2D eigenvalue weighted by Crippen LogP contribution is -2.07. The zero-order valence-electron chi connectivity index (χ0n) is 10.2. The van der Waals surface area contributed by atoms with Gasteiger partial charge in [0.2, 0.25) is 0 Å². The summed E-state index contributed by atoms with van der Waals surface area (Å²) in [6.45, 7) is 2.56. The average molecular weight is 238 g/mol. The second-order valence-corrected chi connectivity index (χ2v) is 3.96. The summed E-state index contributed by atoms with van der Waals surface area (Å²) in [5, 5.41) is 12.0. The van der Waals surface area contributed by atoms with E-state index in [0.717, 1.165) is 13.0 Å². The van der Waals surface area contributed by atoms with Crippen molar-refractivity contribution in [1.29, 1.82) is 5.26 Å². The molecule has 0 saturated carbocycles. The van der Waals surface area contributed by atoms with Gasteiger partial charge in [0.1, 0.15) is 23.4 Å². The number of benzene rings is 1. The van der Waals surface area contributed by atoms with Crippen LogP contribution in [0.4, 0.5) is 5.82 Å². The van der Waals surface area contributed by atoms with E-state index in [4.69, 9.17) is 5.26 Å². The standard InChI is InChI=1S/C14H14N4/c1-11-17-13(10-15)9-14(18-11)16-8-7-12-5-3-2-4-6-12/h2-6,9H,7-8H2,1H3,(H,16,17,18). The van der Waals surface area contributed by atoms with Crippen LogP contribution in [0.3, 0.4) is 0 Å². The first kappa shape index (κ1) is 12.1. The Morgan fingerprint density at radius 2 is 2.00 bits per heavy atom. The number of nitrogens with one attached hydrogen (secondary N) is 1. The topological polar surface area (TPSA) is 61.6 Å². The summed E-state index contributed by atoms with van der Waals surface area (Å²) >= 11 is 0. The first-order valence-electron chi connectivity index (χ1n) is 5.81. The van der Waals surface area contributed by atoms with Crippen LogP contribution in [0.1, 0.15) is 17.1 Å². The molecule has 1 N–H and O–H groups in total. The molecule has 1 aromatic heterocycles. The van der Waals surface area contributed by atoms with Crippen molar-refractivity contribution in [3.8, 4) is 6.07 Å². The summed E-state index contributed by atoms with van der Waals surface area (Å²) in [5.41, 5.74) is 1.67. The fourth-order valence-electron chi connectivity index (χ4n) is 1.70. The molecular weight excluding hydrogens is 224 g/mol. The van der Waals surface area contributed by atoms with Gasteiger partial charge < -0.3 is 5.32 Å². The molecule has 2 rings (SSSR count). The van der Waals surface area contributed by atoms with Gasteiger partial charge >= 0.3 is 0 Å². The molecule has 0 spiro atoms. The highest BCUT2D eigenvalue weighted by molar-refractivity contribution is 5.40. The smallest absolute Gasteiger partial charge is 0.146 e. The summed E-state index contributed by atoms with van der Waals surface area (Å²) in [6.07, 6.45) is 0.922. The minimum absolute atomic E-state index is 0.393. The molecular formula is C14H14N4. The Bertz CT molecular complexity index is 558. The predicted molar refractivity (Wildman–Crippen MR) is 70.1 cm³/mol. The van der Waals surface area contributed by atoms with Crippen LogP contribution in [-0.4, -0.2) is 16.5 Å². The molecule has 0 amide bonds. The third-order valence-corrected chi connectivity index (χ3v) is 2.52. The van der Waals surface area contributed by atoms with E-state index in [-0.39, 0.29) is 0 Å². The number of aryl methyl sites for hydroxylation is 1. The van der Waals surface area contributed by atoms with Crippen molar-refractivity contribution in [1.82, 2.24) is 9.97 Å². The summed E-state index contributed by atoms with van der Waals surface area (Å²) in [7, 11) is 0. The zero-order valence-corrected chi connectivity index (χ0v) is 10.2. The van der Waals surface area contributed by atoms with Gasteiger partial charge in [-0.2, -0.15) is 5.26 Å². The van der Waals surface area contributed by atoms with Gasteiger partial charge in [0.25, 0.3) is 0 Å². The van der Waals surface area contributed by atoms with E-state index in [1.807, 2.05) is 24.3 Å². The quantitative estimate of drug-likeness (QED) is 0.887. The van der Waals surface area contributed by atoms with Gasteiger partial charge in [-0.15, -0.1) is 0 Å². The van der Waals surface area contributed by atoms with Gasteiger partial charge in [0, 0.05) is 12.6 Å². The molecule has 1 heterocycles. The molecule has 4 heteroatoms. The number of rotatable bonds is 4. The second kappa shape index (κ2) is 5.78. The number of aromatic nitrogens is 2. The van der Waals surface area contributed by atoms with Crippen LogP contribution in [0, 0.1) is 18.3 Å².